The van der Waals surface area contributed by atoms with Crippen LogP contribution >= 0.6 is 23.1 Å². The third-order valence-corrected chi connectivity index (χ3v) is 10.0. The number of benzene rings is 1. The molecule has 5 nitrogen and oxygen atoms in total. The molecule has 180 valence electrons. The van der Waals surface area contributed by atoms with Crippen LogP contribution < -0.4 is 5.32 Å². The van der Waals surface area contributed by atoms with Gasteiger partial charge in [-0.1, -0.05) is 39.0 Å². The average Bonchev–Trinajstić information content (AvgIpc) is 3.20. The van der Waals surface area contributed by atoms with Crippen LogP contribution in [0.1, 0.15) is 55.1 Å². The van der Waals surface area contributed by atoms with Crippen LogP contribution in [0, 0.1) is 23.2 Å². The number of carbonyl (C=O) groups is 1. The monoisotopic (exact) mass is 488 g/mol. The van der Waals surface area contributed by atoms with Crippen LogP contribution in [0.3, 0.4) is 0 Å². The van der Waals surface area contributed by atoms with Gasteiger partial charge in [-0.05, 0) is 48.6 Å². The van der Waals surface area contributed by atoms with Crippen LogP contribution in [-0.2, 0) is 21.7 Å². The molecule has 7 heteroatoms. The Morgan fingerprint density at radius 1 is 1.39 bits per heavy atom. The van der Waals surface area contributed by atoms with E-state index in [2.05, 4.69) is 43.4 Å². The van der Waals surface area contributed by atoms with Crippen LogP contribution in [0.5, 0.6) is 0 Å². The first-order valence-corrected chi connectivity index (χ1v) is 13.8. The van der Waals surface area contributed by atoms with Crippen molar-refractivity contribution in [2.24, 2.45) is 23.2 Å². The van der Waals surface area contributed by atoms with Gasteiger partial charge in [-0.25, -0.2) is 4.98 Å². The second kappa shape index (κ2) is 10.5. The molecule has 1 aromatic heterocycles. The molecule has 4 rings (SSSR count). The molecule has 33 heavy (non-hydrogen) atoms. The predicted octanol–water partition coefficient (Wildman–Crippen LogP) is 4.89. The highest BCUT2D eigenvalue weighted by Crippen LogP contribution is 2.57. The molecule has 0 radical (unpaired) electrons. The lowest BCUT2D eigenvalue weighted by Gasteiger charge is -2.53. The lowest BCUT2D eigenvalue weighted by Crippen LogP contribution is -2.53. The van der Waals surface area contributed by atoms with E-state index in [-0.39, 0.29) is 35.0 Å². The number of hydrogen-bond acceptors (Lipinski definition) is 6. The van der Waals surface area contributed by atoms with E-state index in [0.717, 1.165) is 25.0 Å². The lowest BCUT2D eigenvalue weighted by molar-refractivity contribution is -0.135. The average molecular weight is 489 g/mol. The lowest BCUT2D eigenvalue weighted by atomic mass is 9.53. The van der Waals surface area contributed by atoms with E-state index in [1.54, 1.807) is 7.11 Å². The van der Waals surface area contributed by atoms with E-state index in [9.17, 15) is 9.90 Å². The molecule has 1 fully saturated rings. The molecule has 6 atom stereocenters. The van der Waals surface area contributed by atoms with Crippen molar-refractivity contribution in [1.29, 1.82) is 0 Å². The number of carbonyl (C=O) groups excluding carboxylic acids is 1. The van der Waals surface area contributed by atoms with Gasteiger partial charge in [-0.15, -0.1) is 23.1 Å². The summed E-state index contributed by atoms with van der Waals surface area (Å²) >= 11 is 3.67. The number of hydrogen-bond donors (Lipinski definition) is 2. The number of fused-ring (bicyclic) bond motifs is 2. The van der Waals surface area contributed by atoms with Gasteiger partial charge < -0.3 is 15.2 Å². The fourth-order valence-electron chi connectivity index (χ4n) is 5.95. The number of nitrogens with zero attached hydrogens (tertiary/aromatic N) is 1. The molecule has 1 saturated carbocycles. The van der Waals surface area contributed by atoms with Gasteiger partial charge in [0.15, 0.2) is 0 Å². The van der Waals surface area contributed by atoms with Crippen LogP contribution in [-0.4, -0.2) is 42.4 Å². The number of rotatable bonds is 8. The van der Waals surface area contributed by atoms with E-state index in [0.29, 0.717) is 13.2 Å². The summed E-state index contributed by atoms with van der Waals surface area (Å²) in [4.78, 5) is 20.4. The first-order chi connectivity index (χ1) is 15.8. The Labute approximate surface area is 205 Å². The van der Waals surface area contributed by atoms with E-state index in [1.807, 2.05) is 36.1 Å². The van der Waals surface area contributed by atoms with E-state index in [4.69, 9.17) is 9.72 Å². The molecule has 0 aliphatic heterocycles. The highest BCUT2D eigenvalue weighted by molar-refractivity contribution is 7.98. The van der Waals surface area contributed by atoms with Gasteiger partial charge in [-0.2, -0.15) is 0 Å². The van der Waals surface area contributed by atoms with Crippen molar-refractivity contribution in [2.75, 3.05) is 20.3 Å². The Bertz CT molecular complexity index is 950. The van der Waals surface area contributed by atoms with Crippen molar-refractivity contribution in [3.8, 4) is 0 Å². The molecule has 1 amide bonds. The van der Waals surface area contributed by atoms with Crippen LogP contribution in [0.15, 0.2) is 35.2 Å². The Hall–Kier alpha value is -1.41. The van der Waals surface area contributed by atoms with Crippen molar-refractivity contribution in [3.63, 3.8) is 0 Å². The van der Waals surface area contributed by atoms with E-state index in [1.165, 1.54) is 20.5 Å². The number of thioether (sulfide) groups is 1. The number of aliphatic hydroxyl groups is 1. The molecular weight excluding hydrogens is 452 g/mol. The maximum Gasteiger partial charge on any atom is 0.223 e. The quantitative estimate of drug-likeness (QED) is 0.409. The molecule has 0 bridgehead atoms. The molecule has 1 aromatic carbocycles. The summed E-state index contributed by atoms with van der Waals surface area (Å²) in [6.07, 6.45) is 2.39. The topological polar surface area (TPSA) is 71.5 Å². The van der Waals surface area contributed by atoms with Crippen LogP contribution in [0.4, 0.5) is 0 Å². The van der Waals surface area contributed by atoms with Gasteiger partial charge in [0.25, 0.3) is 0 Å². The minimum atomic E-state index is -0.501. The van der Waals surface area contributed by atoms with Crippen molar-refractivity contribution >= 4 is 29.0 Å². The summed E-state index contributed by atoms with van der Waals surface area (Å²) in [5, 5.41) is 15.7. The first-order valence-electron chi connectivity index (χ1n) is 11.9. The summed E-state index contributed by atoms with van der Waals surface area (Å²) in [6, 6.07) is 10.5. The summed E-state index contributed by atoms with van der Waals surface area (Å²) in [7, 11) is 1.63. The van der Waals surface area contributed by atoms with Crippen molar-refractivity contribution in [3.05, 3.63) is 45.9 Å². The third-order valence-electron chi connectivity index (χ3n) is 7.73. The molecular formula is C26H36N2O3S2. The van der Waals surface area contributed by atoms with Crippen molar-refractivity contribution in [1.82, 2.24) is 10.3 Å². The zero-order chi connectivity index (χ0) is 23.6. The molecule has 2 aromatic rings. The van der Waals surface area contributed by atoms with Crippen LogP contribution in [0.25, 0.3) is 0 Å². The molecule has 0 spiro atoms. The van der Waals surface area contributed by atoms with Gasteiger partial charge in [0.1, 0.15) is 5.01 Å². The Morgan fingerprint density at radius 2 is 2.15 bits per heavy atom. The smallest absolute Gasteiger partial charge is 0.223 e. The number of methoxy groups -OCH3 is 1. The maximum atomic E-state index is 12.7. The number of amides is 1. The van der Waals surface area contributed by atoms with Gasteiger partial charge in [0.05, 0.1) is 24.2 Å². The Balaban J connectivity index is 1.48. The summed E-state index contributed by atoms with van der Waals surface area (Å²) in [6.45, 7) is 7.52. The fraction of sp³-hybridized carbons (Fsp3) is 0.615. The maximum absolute atomic E-state index is 12.7. The number of nitrogens with one attached hydrogen (secondary N) is 1. The predicted molar refractivity (Wildman–Crippen MR) is 135 cm³/mol. The van der Waals surface area contributed by atoms with E-state index < -0.39 is 6.10 Å². The molecule has 2 N–H and O–H groups in total. The first kappa shape index (κ1) is 24.7. The van der Waals surface area contributed by atoms with Gasteiger partial charge in [0.2, 0.25) is 5.91 Å². The van der Waals surface area contributed by atoms with Crippen molar-refractivity contribution < 1.29 is 14.6 Å². The minimum Gasteiger partial charge on any atom is -0.392 e. The van der Waals surface area contributed by atoms with Gasteiger partial charge >= 0.3 is 0 Å². The number of aromatic nitrogens is 1. The highest BCUT2D eigenvalue weighted by atomic mass is 32.2. The summed E-state index contributed by atoms with van der Waals surface area (Å²) < 4.78 is 5.04. The molecule has 2 aliphatic carbocycles. The summed E-state index contributed by atoms with van der Waals surface area (Å²) in [5.74, 6) is 0.948. The zero-order valence-corrected chi connectivity index (χ0v) is 21.7. The standard InChI is InChI=1S/C26H36N2O3S2/c1-16(25(30)27-12-13-31-4)19-10-11-26(3)14-20-23(17(2)22(26)24(19)29)28-21(33-20)15-32-18-8-6-5-7-9-18/h5-9,16-17,19,22,24,29H,10-15H2,1-4H3,(H,27,30). The normalized spacial score (nSPS) is 29.7. The molecule has 2 aliphatic rings. The largest absolute Gasteiger partial charge is 0.392 e. The molecule has 6 unspecified atom stereocenters. The Kier molecular flexibility index (Phi) is 7.83. The molecule has 1 heterocycles. The van der Waals surface area contributed by atoms with Gasteiger partial charge in [-0.3, -0.25) is 4.79 Å². The highest BCUT2D eigenvalue weighted by Gasteiger charge is 2.53. The third kappa shape index (κ3) is 5.16. The SMILES string of the molecule is COCCNC(=O)C(C)C1CCC2(C)Cc3sc(CSc4ccccc4)nc3C(C)C2C1O. The zero-order valence-electron chi connectivity index (χ0n) is 20.0. The molecule has 0 saturated heterocycles. The van der Waals surface area contributed by atoms with Gasteiger partial charge in [0, 0.05) is 35.3 Å². The Morgan fingerprint density at radius 3 is 2.88 bits per heavy atom. The summed E-state index contributed by atoms with van der Waals surface area (Å²) in [5.41, 5.74) is 1.22. The fourth-order valence-corrected chi connectivity index (χ4v) is 8.24. The van der Waals surface area contributed by atoms with Crippen molar-refractivity contribution in [2.45, 2.75) is 62.7 Å². The van der Waals surface area contributed by atoms with E-state index >= 15 is 0 Å². The minimum absolute atomic E-state index is 0.0118. The number of thiazole rings is 1. The van der Waals surface area contributed by atoms with Crippen LogP contribution in [0.2, 0.25) is 0 Å². The second-order valence-corrected chi connectivity index (χ2v) is 12.1. The number of ether oxygens (including phenoxy) is 1. The number of aliphatic hydroxyl groups excluding tert-OH is 1. The second-order valence-electron chi connectivity index (χ2n) is 9.93.